The van der Waals surface area contributed by atoms with Crippen molar-refractivity contribution in [2.45, 2.75) is 207 Å². The van der Waals surface area contributed by atoms with Crippen LogP contribution in [0.15, 0.2) is 18.7 Å². The second kappa shape index (κ2) is 28.2. The molecule has 0 aliphatic rings. The third kappa shape index (κ3) is 24.0. The first-order valence-corrected chi connectivity index (χ1v) is 17.4. The van der Waals surface area contributed by atoms with Crippen molar-refractivity contribution in [3.8, 4) is 0 Å². The Bertz CT molecular complexity index is 549. The molecule has 1 aromatic rings. The van der Waals surface area contributed by atoms with E-state index in [1.165, 1.54) is 193 Å². The van der Waals surface area contributed by atoms with Gasteiger partial charge in [0, 0.05) is 0 Å². The molecule has 0 saturated carbocycles. The minimum atomic E-state index is 1.20. The first-order valence-electron chi connectivity index (χ1n) is 17.4. The third-order valence-corrected chi connectivity index (χ3v) is 8.29. The molecule has 0 saturated heterocycles. The van der Waals surface area contributed by atoms with Gasteiger partial charge in [-0.25, -0.2) is 9.13 Å². The number of hydrogen-bond donors (Lipinski definition) is 0. The average molecular weight is 518 g/mol. The van der Waals surface area contributed by atoms with E-state index in [0.717, 1.165) is 0 Å². The first-order chi connectivity index (χ1) is 18.4. The Kier molecular flexibility index (Phi) is 26.1. The molecule has 0 N–H and O–H groups in total. The number of hydrogen-bond acceptors (Lipinski definition) is 0. The zero-order valence-electron chi connectivity index (χ0n) is 25.8. The SMILES string of the molecule is CCCCCCCCCCCCCCCCCn1cc[n+](CCCCCCCCCCCCCCC)c1. The number of aromatic nitrogens is 2. The maximum atomic E-state index is 2.41. The molecule has 2 heteroatoms. The summed E-state index contributed by atoms with van der Waals surface area (Å²) in [6.07, 6.45) is 47.2. The van der Waals surface area contributed by atoms with Crippen molar-refractivity contribution in [2.75, 3.05) is 0 Å². The summed E-state index contributed by atoms with van der Waals surface area (Å²) in [4.78, 5) is 0. The molecule has 0 unspecified atom stereocenters. The van der Waals surface area contributed by atoms with Gasteiger partial charge in [-0.3, -0.25) is 0 Å². The van der Waals surface area contributed by atoms with E-state index in [1.54, 1.807) is 0 Å². The Morgan fingerprint density at radius 2 is 0.730 bits per heavy atom. The molecular formula is C35H69N2+. The van der Waals surface area contributed by atoms with E-state index in [9.17, 15) is 0 Å². The van der Waals surface area contributed by atoms with Crippen LogP contribution in [0, 0.1) is 0 Å². The minimum Gasteiger partial charge on any atom is -0.237 e. The molecule has 0 radical (unpaired) electrons. The molecule has 0 spiro atoms. The monoisotopic (exact) mass is 518 g/mol. The van der Waals surface area contributed by atoms with Crippen molar-refractivity contribution in [1.29, 1.82) is 0 Å². The van der Waals surface area contributed by atoms with Crippen LogP contribution in [-0.4, -0.2) is 4.57 Å². The summed E-state index contributed by atoms with van der Waals surface area (Å²) in [5.74, 6) is 0. The molecule has 0 bridgehead atoms. The maximum absolute atomic E-state index is 2.41. The topological polar surface area (TPSA) is 8.81 Å². The van der Waals surface area contributed by atoms with Crippen molar-refractivity contribution in [2.24, 2.45) is 0 Å². The summed E-state index contributed by atoms with van der Waals surface area (Å²) >= 11 is 0. The average Bonchev–Trinajstić information content (AvgIpc) is 3.36. The summed E-state index contributed by atoms with van der Waals surface area (Å²) in [5.41, 5.74) is 0. The van der Waals surface area contributed by atoms with Crippen molar-refractivity contribution in [3.63, 3.8) is 0 Å². The van der Waals surface area contributed by atoms with Crippen LogP contribution in [-0.2, 0) is 13.1 Å². The Morgan fingerprint density at radius 1 is 0.405 bits per heavy atom. The predicted octanol–water partition coefficient (Wildman–Crippen LogP) is 11.7. The highest BCUT2D eigenvalue weighted by Gasteiger charge is 2.03. The summed E-state index contributed by atoms with van der Waals surface area (Å²) in [5, 5.41) is 0. The number of unbranched alkanes of at least 4 members (excludes halogenated alkanes) is 26. The fourth-order valence-electron chi connectivity index (χ4n) is 5.68. The lowest BCUT2D eigenvalue weighted by molar-refractivity contribution is -0.696. The van der Waals surface area contributed by atoms with Crippen LogP contribution in [0.2, 0.25) is 0 Å². The normalized spacial score (nSPS) is 11.5. The fraction of sp³-hybridized carbons (Fsp3) is 0.914. The summed E-state index contributed by atoms with van der Waals surface area (Å²) in [6.45, 7) is 7.00. The van der Waals surface area contributed by atoms with Gasteiger partial charge in [0.2, 0.25) is 6.33 Å². The van der Waals surface area contributed by atoms with Crippen LogP contribution >= 0.6 is 0 Å². The van der Waals surface area contributed by atoms with Gasteiger partial charge in [0.15, 0.2) is 0 Å². The second-order valence-electron chi connectivity index (χ2n) is 12.1. The van der Waals surface area contributed by atoms with Gasteiger partial charge in [-0.05, 0) is 25.7 Å². The van der Waals surface area contributed by atoms with Gasteiger partial charge in [-0.2, -0.15) is 0 Å². The van der Waals surface area contributed by atoms with Gasteiger partial charge in [0.05, 0.1) is 13.1 Å². The summed E-state index contributed by atoms with van der Waals surface area (Å²) < 4.78 is 4.81. The summed E-state index contributed by atoms with van der Waals surface area (Å²) in [7, 11) is 0. The van der Waals surface area contributed by atoms with Crippen LogP contribution in [0.3, 0.4) is 0 Å². The standard InChI is InChI=1S/C35H69N2/c1-3-5-7-9-11-13-15-17-18-20-22-24-26-28-30-32-37-34-33-36(35-37)31-29-27-25-23-21-19-16-14-12-10-8-6-4-2/h33-35H,3-32H2,1-2H3/q+1. The van der Waals surface area contributed by atoms with E-state index in [-0.39, 0.29) is 0 Å². The molecule has 0 amide bonds. The first kappa shape index (κ1) is 34.2. The minimum absolute atomic E-state index is 1.20. The highest BCUT2D eigenvalue weighted by Crippen LogP contribution is 2.14. The van der Waals surface area contributed by atoms with Crippen molar-refractivity contribution in [3.05, 3.63) is 18.7 Å². The molecule has 218 valence electrons. The van der Waals surface area contributed by atoms with E-state index >= 15 is 0 Å². The predicted molar refractivity (Wildman–Crippen MR) is 165 cm³/mol. The van der Waals surface area contributed by atoms with Crippen LogP contribution in [0.1, 0.15) is 194 Å². The van der Waals surface area contributed by atoms with Gasteiger partial charge in [-0.15, -0.1) is 0 Å². The highest BCUT2D eigenvalue weighted by atomic mass is 15.1. The number of aryl methyl sites for hydroxylation is 2. The molecule has 0 aromatic carbocycles. The van der Waals surface area contributed by atoms with E-state index in [1.807, 2.05) is 0 Å². The molecule has 1 heterocycles. The lowest BCUT2D eigenvalue weighted by Gasteiger charge is -2.03. The number of imidazole rings is 1. The highest BCUT2D eigenvalue weighted by molar-refractivity contribution is 4.66. The lowest BCUT2D eigenvalue weighted by Crippen LogP contribution is -2.30. The Balaban J connectivity index is 1.80. The quantitative estimate of drug-likeness (QED) is 0.0708. The molecule has 0 atom stereocenters. The smallest absolute Gasteiger partial charge is 0.237 e. The Labute approximate surface area is 234 Å². The maximum Gasteiger partial charge on any atom is 0.243 e. The van der Waals surface area contributed by atoms with Gasteiger partial charge in [0.25, 0.3) is 0 Å². The van der Waals surface area contributed by atoms with Crippen LogP contribution in [0.4, 0.5) is 0 Å². The number of nitrogens with zero attached hydrogens (tertiary/aromatic N) is 2. The lowest BCUT2D eigenvalue weighted by atomic mass is 10.0. The van der Waals surface area contributed by atoms with Crippen molar-refractivity contribution in [1.82, 2.24) is 4.57 Å². The molecule has 2 nitrogen and oxygen atoms in total. The van der Waals surface area contributed by atoms with Crippen LogP contribution in [0.5, 0.6) is 0 Å². The van der Waals surface area contributed by atoms with Gasteiger partial charge < -0.3 is 0 Å². The van der Waals surface area contributed by atoms with Crippen molar-refractivity contribution < 1.29 is 4.57 Å². The number of rotatable bonds is 30. The van der Waals surface area contributed by atoms with E-state index < -0.39 is 0 Å². The molecule has 37 heavy (non-hydrogen) atoms. The zero-order chi connectivity index (χ0) is 26.5. The molecule has 0 aliphatic carbocycles. The largest absolute Gasteiger partial charge is 0.243 e. The molecule has 0 aliphatic heterocycles. The molecule has 0 fully saturated rings. The van der Waals surface area contributed by atoms with Gasteiger partial charge >= 0.3 is 0 Å². The van der Waals surface area contributed by atoms with E-state index in [2.05, 4.69) is 41.7 Å². The van der Waals surface area contributed by atoms with Gasteiger partial charge in [-0.1, -0.05) is 168 Å². The second-order valence-corrected chi connectivity index (χ2v) is 12.1. The van der Waals surface area contributed by atoms with Crippen LogP contribution < -0.4 is 4.57 Å². The van der Waals surface area contributed by atoms with E-state index in [0.29, 0.717) is 0 Å². The fourth-order valence-corrected chi connectivity index (χ4v) is 5.68. The zero-order valence-corrected chi connectivity index (χ0v) is 25.8. The molecular weight excluding hydrogens is 448 g/mol. The third-order valence-electron chi connectivity index (χ3n) is 8.29. The Morgan fingerprint density at radius 3 is 1.11 bits per heavy atom. The van der Waals surface area contributed by atoms with Crippen LogP contribution in [0.25, 0.3) is 0 Å². The van der Waals surface area contributed by atoms with E-state index in [4.69, 9.17) is 0 Å². The van der Waals surface area contributed by atoms with Crippen molar-refractivity contribution >= 4 is 0 Å². The molecule has 1 rings (SSSR count). The molecule has 1 aromatic heterocycles. The van der Waals surface area contributed by atoms with Gasteiger partial charge in [0.1, 0.15) is 12.4 Å². The Hall–Kier alpha value is -0.790. The summed E-state index contributed by atoms with van der Waals surface area (Å²) in [6, 6.07) is 0.